The van der Waals surface area contributed by atoms with Gasteiger partial charge in [0.25, 0.3) is 0 Å². The Morgan fingerprint density at radius 3 is 1.73 bits per heavy atom. The molecule has 0 saturated heterocycles. The number of nitrogens with zero attached hydrogens (tertiary/aromatic N) is 2. The molecule has 0 amide bonds. The lowest BCUT2D eigenvalue weighted by Gasteiger charge is -2.35. The van der Waals surface area contributed by atoms with Crippen molar-refractivity contribution < 1.29 is 4.42 Å². The van der Waals surface area contributed by atoms with Crippen molar-refractivity contribution in [1.29, 1.82) is 0 Å². The zero-order chi connectivity index (χ0) is 37.1. The molecule has 10 aromatic rings. The Labute approximate surface area is 325 Å². The van der Waals surface area contributed by atoms with Gasteiger partial charge in [-0.25, -0.2) is 9.97 Å². The topological polar surface area (TPSA) is 38.9 Å². The van der Waals surface area contributed by atoms with Crippen molar-refractivity contribution in [1.82, 2.24) is 9.97 Å². The predicted molar refractivity (Wildman–Crippen MR) is 228 cm³/mol. The Balaban J connectivity index is 1.15. The van der Waals surface area contributed by atoms with E-state index in [9.17, 15) is 0 Å². The monoisotopic (exact) mass is 714 g/mol. The van der Waals surface area contributed by atoms with Crippen LogP contribution < -0.4 is 0 Å². The van der Waals surface area contributed by atoms with E-state index in [2.05, 4.69) is 176 Å². The second-order valence-corrected chi connectivity index (χ2v) is 14.5. The van der Waals surface area contributed by atoms with E-state index in [0.717, 1.165) is 61.1 Å². The molecule has 0 radical (unpaired) electrons. The highest BCUT2D eigenvalue weighted by Crippen LogP contribution is 2.58. The number of aromatic nitrogens is 2. The summed E-state index contributed by atoms with van der Waals surface area (Å²) in [7, 11) is 0. The van der Waals surface area contributed by atoms with Gasteiger partial charge in [0.15, 0.2) is 5.82 Å². The summed E-state index contributed by atoms with van der Waals surface area (Å²) in [6.07, 6.45) is 0. The SMILES string of the molecule is c1ccc(-c2nc(-c3cccc(-c4ccc5oc6ccccc6c5c4)c3)cc(-c3cccc4c3C(c3ccccc3)(c3ccccc3)c3ccccc3-4)n2)cc1. The highest BCUT2D eigenvalue weighted by Gasteiger charge is 2.47. The molecule has 0 saturated carbocycles. The van der Waals surface area contributed by atoms with Crippen LogP contribution in [-0.2, 0) is 5.41 Å². The molecule has 262 valence electrons. The third-order valence-corrected chi connectivity index (χ3v) is 11.4. The molecular formula is C53H34N2O. The Morgan fingerprint density at radius 2 is 0.929 bits per heavy atom. The number of furan rings is 1. The number of hydrogen-bond acceptors (Lipinski definition) is 3. The average Bonchev–Trinajstić information content (AvgIpc) is 3.81. The maximum absolute atomic E-state index is 6.15. The Kier molecular flexibility index (Phi) is 7.39. The molecule has 1 aliphatic rings. The van der Waals surface area contributed by atoms with Crippen LogP contribution in [0.2, 0.25) is 0 Å². The fourth-order valence-corrected chi connectivity index (χ4v) is 8.93. The third kappa shape index (κ3) is 4.98. The van der Waals surface area contributed by atoms with Crippen molar-refractivity contribution in [3.05, 3.63) is 229 Å². The summed E-state index contributed by atoms with van der Waals surface area (Å²) in [5.74, 6) is 0.688. The van der Waals surface area contributed by atoms with Crippen molar-refractivity contribution >= 4 is 21.9 Å². The number of fused-ring (bicyclic) bond motifs is 6. The van der Waals surface area contributed by atoms with Gasteiger partial charge in [0.1, 0.15) is 11.2 Å². The number of rotatable bonds is 6. The van der Waals surface area contributed by atoms with E-state index in [-0.39, 0.29) is 0 Å². The first-order valence-electron chi connectivity index (χ1n) is 19.1. The smallest absolute Gasteiger partial charge is 0.160 e. The minimum Gasteiger partial charge on any atom is -0.456 e. The van der Waals surface area contributed by atoms with Gasteiger partial charge in [-0.15, -0.1) is 0 Å². The zero-order valence-electron chi connectivity index (χ0n) is 30.4. The van der Waals surface area contributed by atoms with Crippen LogP contribution in [0.3, 0.4) is 0 Å². The van der Waals surface area contributed by atoms with E-state index in [1.54, 1.807) is 0 Å². The molecule has 0 unspecified atom stereocenters. The van der Waals surface area contributed by atoms with E-state index in [4.69, 9.17) is 14.4 Å². The normalized spacial score (nSPS) is 12.8. The van der Waals surface area contributed by atoms with Crippen molar-refractivity contribution in [3.8, 4) is 56.2 Å². The van der Waals surface area contributed by atoms with Crippen LogP contribution in [0.4, 0.5) is 0 Å². The summed E-state index contributed by atoms with van der Waals surface area (Å²) in [6.45, 7) is 0. The molecule has 11 rings (SSSR count). The average molecular weight is 715 g/mol. The van der Waals surface area contributed by atoms with E-state index in [1.807, 2.05) is 30.3 Å². The lowest BCUT2D eigenvalue weighted by Crippen LogP contribution is -2.29. The molecular weight excluding hydrogens is 681 g/mol. The van der Waals surface area contributed by atoms with Crippen LogP contribution in [0.5, 0.6) is 0 Å². The quantitative estimate of drug-likeness (QED) is 0.172. The van der Waals surface area contributed by atoms with Crippen LogP contribution in [0.1, 0.15) is 22.3 Å². The summed E-state index contributed by atoms with van der Waals surface area (Å²) in [4.78, 5) is 10.7. The first-order chi connectivity index (χ1) is 27.8. The maximum atomic E-state index is 6.15. The summed E-state index contributed by atoms with van der Waals surface area (Å²) < 4.78 is 6.15. The second-order valence-electron chi connectivity index (χ2n) is 14.5. The largest absolute Gasteiger partial charge is 0.456 e. The van der Waals surface area contributed by atoms with Crippen LogP contribution >= 0.6 is 0 Å². The maximum Gasteiger partial charge on any atom is 0.160 e. The Morgan fingerprint density at radius 1 is 0.357 bits per heavy atom. The van der Waals surface area contributed by atoms with E-state index in [0.29, 0.717) is 5.82 Å². The zero-order valence-corrected chi connectivity index (χ0v) is 30.4. The molecule has 3 heteroatoms. The van der Waals surface area contributed by atoms with Gasteiger partial charge in [0, 0.05) is 27.5 Å². The molecule has 2 aromatic heterocycles. The van der Waals surface area contributed by atoms with Crippen LogP contribution in [0.15, 0.2) is 211 Å². The second kappa shape index (κ2) is 12.9. The molecule has 56 heavy (non-hydrogen) atoms. The molecule has 8 aromatic carbocycles. The Hall–Kier alpha value is -7.36. The first-order valence-corrected chi connectivity index (χ1v) is 19.1. The molecule has 0 spiro atoms. The summed E-state index contributed by atoms with van der Waals surface area (Å²) in [5, 5.41) is 2.23. The van der Waals surface area contributed by atoms with E-state index in [1.165, 1.54) is 33.4 Å². The number of para-hydroxylation sites is 1. The van der Waals surface area contributed by atoms with Gasteiger partial charge in [0.2, 0.25) is 0 Å². The third-order valence-electron chi connectivity index (χ3n) is 11.4. The van der Waals surface area contributed by atoms with Crippen LogP contribution in [-0.4, -0.2) is 9.97 Å². The van der Waals surface area contributed by atoms with Crippen LogP contribution in [0, 0.1) is 0 Å². The summed E-state index contributed by atoms with van der Waals surface area (Å²) in [6, 6.07) is 73.3. The van der Waals surface area contributed by atoms with Gasteiger partial charge >= 0.3 is 0 Å². The predicted octanol–water partition coefficient (Wildman–Crippen LogP) is 13.4. The number of benzene rings is 8. The van der Waals surface area contributed by atoms with E-state index >= 15 is 0 Å². The molecule has 0 fully saturated rings. The van der Waals surface area contributed by atoms with Gasteiger partial charge in [-0.05, 0) is 74.8 Å². The fourth-order valence-electron chi connectivity index (χ4n) is 8.93. The molecule has 0 atom stereocenters. The highest BCUT2D eigenvalue weighted by atomic mass is 16.3. The van der Waals surface area contributed by atoms with Crippen molar-refractivity contribution in [2.75, 3.05) is 0 Å². The van der Waals surface area contributed by atoms with Crippen molar-refractivity contribution in [2.45, 2.75) is 5.41 Å². The lowest BCUT2D eigenvalue weighted by atomic mass is 9.66. The van der Waals surface area contributed by atoms with Crippen molar-refractivity contribution in [3.63, 3.8) is 0 Å². The van der Waals surface area contributed by atoms with Gasteiger partial charge in [0.05, 0.1) is 16.8 Å². The van der Waals surface area contributed by atoms with Gasteiger partial charge in [-0.1, -0.05) is 176 Å². The molecule has 0 aliphatic heterocycles. The molecule has 0 bridgehead atoms. The summed E-state index contributed by atoms with van der Waals surface area (Å²) in [5.41, 5.74) is 15.7. The van der Waals surface area contributed by atoms with Gasteiger partial charge < -0.3 is 4.42 Å². The standard InChI is InChI=1S/C53H34N2O/c1-4-16-35(17-5-1)52-54-47(38-19-14-18-36(32-38)37-30-31-50-45(33-37)42-25-11-13-29-49(42)56-50)34-48(55-52)44-27-15-26-43-41-24-10-12-28-46(41)53(51(43)44,39-20-6-2-7-21-39)40-22-8-3-9-23-40/h1-34H. The number of hydrogen-bond donors (Lipinski definition) is 0. The minimum absolute atomic E-state index is 0.571. The summed E-state index contributed by atoms with van der Waals surface area (Å²) >= 11 is 0. The van der Waals surface area contributed by atoms with Crippen molar-refractivity contribution in [2.24, 2.45) is 0 Å². The molecule has 2 heterocycles. The van der Waals surface area contributed by atoms with Gasteiger partial charge in [-0.3, -0.25) is 0 Å². The highest BCUT2D eigenvalue weighted by molar-refractivity contribution is 6.06. The molecule has 1 aliphatic carbocycles. The minimum atomic E-state index is -0.571. The molecule has 0 N–H and O–H groups in total. The fraction of sp³-hybridized carbons (Fsp3) is 0.0189. The van der Waals surface area contributed by atoms with E-state index < -0.39 is 5.41 Å². The Bertz CT molecular complexity index is 3040. The molecule has 3 nitrogen and oxygen atoms in total. The van der Waals surface area contributed by atoms with Gasteiger partial charge in [-0.2, -0.15) is 0 Å². The van der Waals surface area contributed by atoms with Crippen LogP contribution in [0.25, 0.3) is 78.1 Å². The lowest BCUT2D eigenvalue weighted by molar-refractivity contribution is 0.669. The first kappa shape index (κ1) is 32.1.